The molecule has 0 spiro atoms. The summed E-state index contributed by atoms with van der Waals surface area (Å²) in [5, 5.41) is 9.24. The van der Waals surface area contributed by atoms with E-state index in [1.54, 1.807) is 36.4 Å². The van der Waals surface area contributed by atoms with Gasteiger partial charge in [0.05, 0.1) is 0 Å². The number of fused-ring (bicyclic) bond motifs is 1. The van der Waals surface area contributed by atoms with Gasteiger partial charge in [-0.25, -0.2) is 4.57 Å². The molecule has 2 aliphatic rings. The minimum atomic E-state index is -4.73. The van der Waals surface area contributed by atoms with Gasteiger partial charge in [-0.2, -0.15) is 0 Å². The highest BCUT2D eigenvalue weighted by Crippen LogP contribution is 2.38. The van der Waals surface area contributed by atoms with Crippen LogP contribution in [0, 0.1) is 5.92 Å². The molecule has 0 radical (unpaired) electrons. The number of carbonyl (C=O) groups excluding carboxylic acids is 2. The van der Waals surface area contributed by atoms with Gasteiger partial charge in [-0.05, 0) is 78.1 Å². The summed E-state index contributed by atoms with van der Waals surface area (Å²) in [5.74, 6) is 1.12. The Morgan fingerprint density at radius 2 is 1.51 bits per heavy atom. The lowest BCUT2D eigenvalue weighted by Crippen LogP contribution is -2.15. The zero-order valence-corrected chi connectivity index (χ0v) is 26.5. The maximum absolute atomic E-state index is 13.3. The third-order valence-corrected chi connectivity index (χ3v) is 8.67. The van der Waals surface area contributed by atoms with Crippen molar-refractivity contribution in [1.29, 1.82) is 0 Å². The van der Waals surface area contributed by atoms with Crippen molar-refractivity contribution >= 4 is 36.7 Å². The van der Waals surface area contributed by atoms with Crippen molar-refractivity contribution in [2.45, 2.75) is 45.1 Å². The van der Waals surface area contributed by atoms with Crippen LogP contribution in [0.2, 0.25) is 0 Å². The van der Waals surface area contributed by atoms with Crippen LogP contribution in [0.5, 0.6) is 17.2 Å². The molecule has 0 atom stereocenters. The largest absolute Gasteiger partial charge is 0.524 e. The Morgan fingerprint density at radius 1 is 0.787 bits per heavy atom. The van der Waals surface area contributed by atoms with Crippen molar-refractivity contribution in [3.05, 3.63) is 107 Å². The van der Waals surface area contributed by atoms with Gasteiger partial charge in [-0.3, -0.25) is 19.4 Å². The number of phosphoric acid groups is 1. The molecular formula is C35H36N3O8P. The predicted octanol–water partition coefficient (Wildman–Crippen LogP) is 7.13. The number of ether oxygens (including phenoxy) is 2. The molecule has 244 valence electrons. The molecule has 4 aromatic rings. The number of phosphoric ester groups is 1. The zero-order chi connectivity index (χ0) is 32.8. The quantitative estimate of drug-likeness (QED) is 0.106. The van der Waals surface area contributed by atoms with Crippen LogP contribution in [-0.2, 0) is 17.5 Å². The van der Waals surface area contributed by atoms with Gasteiger partial charge in [0.1, 0.15) is 5.75 Å². The second-order valence-electron chi connectivity index (χ2n) is 11.7. The van der Waals surface area contributed by atoms with Crippen molar-refractivity contribution in [1.82, 2.24) is 0 Å². The first-order valence-corrected chi connectivity index (χ1v) is 17.0. The Balaban J connectivity index is 1.15. The molecule has 1 heterocycles. The van der Waals surface area contributed by atoms with Gasteiger partial charge >= 0.3 is 7.82 Å². The summed E-state index contributed by atoms with van der Waals surface area (Å²) in [6.45, 7) is 0.634. The van der Waals surface area contributed by atoms with Crippen LogP contribution in [0.15, 0.2) is 84.9 Å². The molecule has 11 nitrogen and oxygen atoms in total. The van der Waals surface area contributed by atoms with E-state index in [9.17, 15) is 14.2 Å². The summed E-state index contributed by atoms with van der Waals surface area (Å²) in [6.07, 6.45) is 6.75. The maximum atomic E-state index is 13.3. The monoisotopic (exact) mass is 657 g/mol. The molecule has 2 amide bonds. The van der Waals surface area contributed by atoms with Crippen molar-refractivity contribution < 1.29 is 37.9 Å². The van der Waals surface area contributed by atoms with Crippen LogP contribution in [0.3, 0.4) is 0 Å². The van der Waals surface area contributed by atoms with Crippen molar-refractivity contribution in [2.75, 3.05) is 22.7 Å². The molecule has 0 aromatic heterocycles. The fraction of sp³-hybridized carbons (Fsp3) is 0.257. The number of carbonyl (C=O) groups is 2. The Labute approximate surface area is 272 Å². The van der Waals surface area contributed by atoms with Gasteiger partial charge in [0.2, 0.25) is 6.79 Å². The molecular weight excluding hydrogens is 621 g/mol. The van der Waals surface area contributed by atoms with Gasteiger partial charge in [-0.15, -0.1) is 0 Å². The summed E-state index contributed by atoms with van der Waals surface area (Å²) in [6, 6.07) is 24.2. The third-order valence-electron chi connectivity index (χ3n) is 8.22. The third kappa shape index (κ3) is 8.71. The van der Waals surface area contributed by atoms with Crippen LogP contribution in [0.25, 0.3) is 0 Å². The van der Waals surface area contributed by atoms with E-state index in [1.165, 1.54) is 37.5 Å². The molecule has 5 N–H and O–H groups in total. The van der Waals surface area contributed by atoms with Gasteiger partial charge in [0, 0.05) is 46.9 Å². The van der Waals surface area contributed by atoms with Crippen LogP contribution in [0.4, 0.5) is 17.1 Å². The van der Waals surface area contributed by atoms with E-state index in [1.807, 2.05) is 30.3 Å². The van der Waals surface area contributed by atoms with E-state index in [0.29, 0.717) is 46.5 Å². The van der Waals surface area contributed by atoms with Crippen LogP contribution < -0.4 is 29.9 Å². The van der Waals surface area contributed by atoms with E-state index in [4.69, 9.17) is 19.3 Å². The van der Waals surface area contributed by atoms with Gasteiger partial charge in [0.25, 0.3) is 11.8 Å². The van der Waals surface area contributed by atoms with Crippen LogP contribution >= 0.6 is 7.82 Å². The summed E-state index contributed by atoms with van der Waals surface area (Å²) >= 11 is 0. The van der Waals surface area contributed by atoms with E-state index < -0.39 is 7.82 Å². The Bertz CT molecular complexity index is 1820. The second-order valence-corrected chi connectivity index (χ2v) is 12.9. The fourth-order valence-electron chi connectivity index (χ4n) is 5.95. The lowest BCUT2D eigenvalue weighted by atomic mass is 9.84. The number of nitrogens with one attached hydrogen (secondary N) is 3. The zero-order valence-electron chi connectivity index (χ0n) is 25.6. The highest BCUT2D eigenvalue weighted by Gasteiger charge is 2.20. The van der Waals surface area contributed by atoms with E-state index in [2.05, 4.69) is 20.5 Å². The van der Waals surface area contributed by atoms with Crippen molar-refractivity contribution in [3.63, 3.8) is 0 Å². The maximum Gasteiger partial charge on any atom is 0.524 e. The summed E-state index contributed by atoms with van der Waals surface area (Å²) < 4.78 is 26.6. The fourth-order valence-corrected chi connectivity index (χ4v) is 6.34. The van der Waals surface area contributed by atoms with E-state index >= 15 is 0 Å². The average Bonchev–Trinajstić information content (AvgIpc) is 3.52. The van der Waals surface area contributed by atoms with E-state index in [0.717, 1.165) is 36.1 Å². The molecule has 1 fully saturated rings. The number of hydrogen-bond donors (Lipinski definition) is 5. The minimum Gasteiger partial charge on any atom is -0.454 e. The number of rotatable bonds is 11. The van der Waals surface area contributed by atoms with Crippen LogP contribution in [-0.4, -0.2) is 28.4 Å². The predicted molar refractivity (Wildman–Crippen MR) is 178 cm³/mol. The lowest BCUT2D eigenvalue weighted by molar-refractivity contribution is 0.101. The molecule has 0 saturated heterocycles. The number of amides is 2. The van der Waals surface area contributed by atoms with Crippen LogP contribution in [0.1, 0.15) is 63.9 Å². The van der Waals surface area contributed by atoms with Crippen molar-refractivity contribution in [3.8, 4) is 17.2 Å². The van der Waals surface area contributed by atoms with Gasteiger partial charge in [0.15, 0.2) is 11.5 Å². The summed E-state index contributed by atoms with van der Waals surface area (Å²) in [7, 11) is -4.73. The first-order valence-electron chi connectivity index (χ1n) is 15.5. The first kappa shape index (κ1) is 32.1. The van der Waals surface area contributed by atoms with Gasteiger partial charge in [-0.1, -0.05) is 50.3 Å². The molecule has 47 heavy (non-hydrogen) atoms. The standard InChI is InChI=1S/C35H36N3O8P/c39-34(38-29-13-15-32-33(20-29)45-22-44-32)25-9-4-8-24(17-25)21-36-31-14-12-26(18-27(31)16-23-6-2-1-3-7-23)35(40)37-28-10-5-11-30(19-28)46-47(41,42)43/h4-5,8-15,17-20,23,36H,1-3,6-7,16,21-22H2,(H,37,40)(H,38,39)(H2,41,42,43). The molecule has 1 aliphatic heterocycles. The lowest BCUT2D eigenvalue weighted by Gasteiger charge is -2.23. The Hall–Kier alpha value is -4.83. The molecule has 4 aromatic carbocycles. The molecule has 1 aliphatic carbocycles. The first-order chi connectivity index (χ1) is 22.7. The number of hydrogen-bond acceptors (Lipinski definition) is 7. The van der Waals surface area contributed by atoms with Crippen molar-refractivity contribution in [2.24, 2.45) is 5.92 Å². The minimum absolute atomic E-state index is 0.0526. The Morgan fingerprint density at radius 3 is 2.30 bits per heavy atom. The van der Waals surface area contributed by atoms with E-state index in [-0.39, 0.29) is 24.4 Å². The highest BCUT2D eigenvalue weighted by atomic mass is 31.2. The summed E-state index contributed by atoms with van der Waals surface area (Å²) in [5.41, 5.74) is 4.81. The molecule has 12 heteroatoms. The SMILES string of the molecule is O=C(Nc1ccc2c(c1)OCO2)c1cccc(CNc2ccc(C(=O)Nc3cccc(OP(=O)(O)O)c3)cc2CC2CCCCC2)c1. The normalized spacial score (nSPS) is 14.3. The molecule has 1 saturated carbocycles. The molecule has 6 rings (SSSR count). The topological polar surface area (TPSA) is 155 Å². The molecule has 0 unspecified atom stereocenters. The second kappa shape index (κ2) is 14.3. The average molecular weight is 658 g/mol. The summed E-state index contributed by atoms with van der Waals surface area (Å²) in [4.78, 5) is 44.5. The number of benzene rings is 4. The number of anilines is 3. The Kier molecular flexibility index (Phi) is 9.77. The van der Waals surface area contributed by atoms with Gasteiger partial charge < -0.3 is 29.9 Å². The molecule has 0 bridgehead atoms. The highest BCUT2D eigenvalue weighted by molar-refractivity contribution is 7.46. The smallest absolute Gasteiger partial charge is 0.454 e.